The van der Waals surface area contributed by atoms with E-state index in [0.29, 0.717) is 49.9 Å². The van der Waals surface area contributed by atoms with Crippen molar-refractivity contribution in [2.24, 2.45) is 0 Å². The maximum atomic E-state index is 12.4. The molecule has 1 fully saturated rings. The Morgan fingerprint density at radius 3 is 2.48 bits per heavy atom. The van der Waals surface area contributed by atoms with Gasteiger partial charge >= 0.3 is 0 Å². The highest BCUT2D eigenvalue weighted by molar-refractivity contribution is 6.33. The van der Waals surface area contributed by atoms with Crippen LogP contribution in [0.4, 0.5) is 5.69 Å². The number of aryl methyl sites for hydroxylation is 2. The molecule has 144 valence electrons. The molecule has 0 bridgehead atoms. The summed E-state index contributed by atoms with van der Waals surface area (Å²) in [7, 11) is 0. The average Bonchev–Trinajstić information content (AvgIpc) is 3.18. The van der Waals surface area contributed by atoms with Gasteiger partial charge in [-0.05, 0) is 43.2 Å². The van der Waals surface area contributed by atoms with Crippen molar-refractivity contribution in [2.75, 3.05) is 38.0 Å². The summed E-state index contributed by atoms with van der Waals surface area (Å²) in [5.74, 6) is 0.288. The predicted molar refractivity (Wildman–Crippen MR) is 105 cm³/mol. The third kappa shape index (κ3) is 4.63. The van der Waals surface area contributed by atoms with Gasteiger partial charge in [0.2, 0.25) is 5.91 Å². The molecule has 0 aliphatic carbocycles. The number of benzene rings is 1. The van der Waals surface area contributed by atoms with Crippen LogP contribution in [0.1, 0.15) is 28.1 Å². The van der Waals surface area contributed by atoms with Gasteiger partial charge in [-0.15, -0.1) is 0 Å². The van der Waals surface area contributed by atoms with E-state index in [4.69, 9.17) is 16.0 Å². The Bertz CT molecular complexity index is 789. The van der Waals surface area contributed by atoms with Crippen LogP contribution in [0.25, 0.3) is 0 Å². The molecule has 2 amide bonds. The molecular weight excluding hydrogens is 366 g/mol. The third-order valence-corrected chi connectivity index (χ3v) is 5.02. The lowest BCUT2D eigenvalue weighted by atomic mass is 10.1. The zero-order valence-electron chi connectivity index (χ0n) is 15.6. The van der Waals surface area contributed by atoms with Gasteiger partial charge < -0.3 is 19.5 Å². The summed E-state index contributed by atoms with van der Waals surface area (Å²) in [6.45, 7) is 6.63. The standard InChI is InChI=1S/C20H24ClN3O3/c1-14-12-15(2)19(16(21)13-14)22-6-5-18(25)23-7-9-24(10-8-23)20(26)17-4-3-11-27-17/h3-4,11-13,22H,5-10H2,1-2H3. The molecule has 1 saturated heterocycles. The molecule has 1 aliphatic rings. The summed E-state index contributed by atoms with van der Waals surface area (Å²) < 4.78 is 5.15. The maximum Gasteiger partial charge on any atom is 0.289 e. The number of carbonyl (C=O) groups excluding carboxylic acids is 2. The second-order valence-corrected chi connectivity index (χ2v) is 7.17. The molecule has 0 spiro atoms. The summed E-state index contributed by atoms with van der Waals surface area (Å²) in [6.07, 6.45) is 1.87. The van der Waals surface area contributed by atoms with Gasteiger partial charge in [0.15, 0.2) is 5.76 Å². The number of nitrogens with one attached hydrogen (secondary N) is 1. The zero-order chi connectivity index (χ0) is 19.4. The van der Waals surface area contributed by atoms with Crippen LogP contribution < -0.4 is 5.32 Å². The van der Waals surface area contributed by atoms with Crippen LogP contribution in [0.3, 0.4) is 0 Å². The Hall–Kier alpha value is -2.47. The van der Waals surface area contributed by atoms with Crippen molar-refractivity contribution in [3.63, 3.8) is 0 Å². The summed E-state index contributed by atoms with van der Waals surface area (Å²) >= 11 is 6.28. The number of hydrogen-bond donors (Lipinski definition) is 1. The number of furan rings is 1. The maximum absolute atomic E-state index is 12.4. The van der Waals surface area contributed by atoms with Crippen molar-refractivity contribution in [2.45, 2.75) is 20.3 Å². The Labute approximate surface area is 164 Å². The van der Waals surface area contributed by atoms with E-state index in [9.17, 15) is 9.59 Å². The van der Waals surface area contributed by atoms with Crippen molar-refractivity contribution in [3.8, 4) is 0 Å². The first-order valence-corrected chi connectivity index (χ1v) is 9.44. The molecule has 1 aromatic heterocycles. The quantitative estimate of drug-likeness (QED) is 0.851. The molecule has 1 N–H and O–H groups in total. The lowest BCUT2D eigenvalue weighted by Gasteiger charge is -2.34. The van der Waals surface area contributed by atoms with Crippen molar-refractivity contribution in [1.82, 2.24) is 9.80 Å². The minimum absolute atomic E-state index is 0.0773. The van der Waals surface area contributed by atoms with E-state index < -0.39 is 0 Å². The lowest BCUT2D eigenvalue weighted by Crippen LogP contribution is -2.50. The van der Waals surface area contributed by atoms with Crippen LogP contribution >= 0.6 is 11.6 Å². The first-order chi connectivity index (χ1) is 13.0. The highest BCUT2D eigenvalue weighted by atomic mass is 35.5. The molecule has 1 aliphatic heterocycles. The fourth-order valence-electron chi connectivity index (χ4n) is 3.31. The fourth-order valence-corrected chi connectivity index (χ4v) is 3.70. The first-order valence-electron chi connectivity index (χ1n) is 9.07. The van der Waals surface area contributed by atoms with E-state index in [1.54, 1.807) is 21.9 Å². The van der Waals surface area contributed by atoms with Gasteiger partial charge in [0, 0.05) is 39.1 Å². The monoisotopic (exact) mass is 389 g/mol. The zero-order valence-corrected chi connectivity index (χ0v) is 16.4. The Kier molecular flexibility index (Phi) is 6.06. The summed E-state index contributed by atoms with van der Waals surface area (Å²) in [4.78, 5) is 28.2. The Balaban J connectivity index is 1.45. The number of halogens is 1. The number of piperazine rings is 1. The molecule has 2 heterocycles. The highest BCUT2D eigenvalue weighted by Crippen LogP contribution is 2.27. The number of anilines is 1. The lowest BCUT2D eigenvalue weighted by molar-refractivity contribution is -0.132. The van der Waals surface area contributed by atoms with Crippen molar-refractivity contribution >= 4 is 29.1 Å². The van der Waals surface area contributed by atoms with E-state index in [0.717, 1.165) is 16.8 Å². The molecule has 0 saturated carbocycles. The van der Waals surface area contributed by atoms with E-state index >= 15 is 0 Å². The average molecular weight is 390 g/mol. The largest absolute Gasteiger partial charge is 0.459 e. The van der Waals surface area contributed by atoms with Crippen molar-refractivity contribution in [1.29, 1.82) is 0 Å². The fraction of sp³-hybridized carbons (Fsp3) is 0.400. The SMILES string of the molecule is Cc1cc(C)c(NCCC(=O)N2CCN(C(=O)c3ccco3)CC2)c(Cl)c1. The minimum atomic E-state index is -0.127. The van der Waals surface area contributed by atoms with Crippen LogP contribution in [0, 0.1) is 13.8 Å². The number of nitrogens with zero attached hydrogens (tertiary/aromatic N) is 2. The molecule has 6 nitrogen and oxygen atoms in total. The van der Waals surface area contributed by atoms with Crippen LogP contribution in [0.2, 0.25) is 5.02 Å². The van der Waals surface area contributed by atoms with E-state index in [1.807, 2.05) is 19.9 Å². The smallest absolute Gasteiger partial charge is 0.289 e. The van der Waals surface area contributed by atoms with Gasteiger partial charge in [0.1, 0.15) is 0 Å². The van der Waals surface area contributed by atoms with Gasteiger partial charge in [-0.1, -0.05) is 17.7 Å². The molecule has 2 aromatic rings. The summed E-state index contributed by atoms with van der Waals surface area (Å²) in [5, 5.41) is 3.94. The van der Waals surface area contributed by atoms with Crippen molar-refractivity contribution in [3.05, 3.63) is 52.4 Å². The van der Waals surface area contributed by atoms with E-state index in [-0.39, 0.29) is 11.8 Å². The van der Waals surface area contributed by atoms with Gasteiger partial charge in [-0.3, -0.25) is 9.59 Å². The van der Waals surface area contributed by atoms with Gasteiger partial charge in [-0.25, -0.2) is 0 Å². The summed E-state index contributed by atoms with van der Waals surface area (Å²) in [5.41, 5.74) is 3.06. The van der Waals surface area contributed by atoms with Crippen LogP contribution in [-0.2, 0) is 4.79 Å². The van der Waals surface area contributed by atoms with Crippen LogP contribution in [0.15, 0.2) is 34.9 Å². The topological polar surface area (TPSA) is 65.8 Å². The van der Waals surface area contributed by atoms with Crippen LogP contribution in [0.5, 0.6) is 0 Å². The van der Waals surface area contributed by atoms with Gasteiger partial charge in [0.05, 0.1) is 17.0 Å². The second-order valence-electron chi connectivity index (χ2n) is 6.77. The predicted octanol–water partition coefficient (Wildman–Crippen LogP) is 3.34. The molecule has 0 atom stereocenters. The molecule has 7 heteroatoms. The normalized spacial score (nSPS) is 14.3. The minimum Gasteiger partial charge on any atom is -0.459 e. The van der Waals surface area contributed by atoms with Crippen molar-refractivity contribution < 1.29 is 14.0 Å². The molecule has 27 heavy (non-hydrogen) atoms. The Morgan fingerprint density at radius 1 is 1.15 bits per heavy atom. The molecule has 0 radical (unpaired) electrons. The number of amides is 2. The van der Waals surface area contributed by atoms with Gasteiger partial charge in [-0.2, -0.15) is 0 Å². The molecule has 1 aromatic carbocycles. The summed E-state index contributed by atoms with van der Waals surface area (Å²) in [6, 6.07) is 7.32. The van der Waals surface area contributed by atoms with Gasteiger partial charge in [0.25, 0.3) is 5.91 Å². The van der Waals surface area contributed by atoms with E-state index in [1.165, 1.54) is 6.26 Å². The third-order valence-electron chi connectivity index (χ3n) is 4.72. The highest BCUT2D eigenvalue weighted by Gasteiger charge is 2.25. The number of hydrogen-bond acceptors (Lipinski definition) is 4. The molecule has 0 unspecified atom stereocenters. The van der Waals surface area contributed by atoms with Crippen LogP contribution in [-0.4, -0.2) is 54.3 Å². The molecule has 3 rings (SSSR count). The first kappa shape index (κ1) is 19.3. The van der Waals surface area contributed by atoms with E-state index in [2.05, 4.69) is 11.4 Å². The molecular formula is C20H24ClN3O3. The second kappa shape index (κ2) is 8.48. The number of rotatable bonds is 5. The number of carbonyl (C=O) groups is 2. The Morgan fingerprint density at radius 2 is 1.85 bits per heavy atom.